The number of allylic oxidation sites excluding steroid dienone is 2. The largest absolute Gasteiger partial charge is 0.512 e. The molecule has 5 aromatic rings. The number of benzene rings is 3. The molecule has 36 heavy (non-hydrogen) atoms. The first-order chi connectivity index (χ1) is 17.0. The van der Waals surface area contributed by atoms with E-state index in [1.807, 2.05) is 12.1 Å². The van der Waals surface area contributed by atoms with E-state index in [2.05, 4.69) is 54.6 Å². The maximum absolute atomic E-state index is 10.0. The van der Waals surface area contributed by atoms with Gasteiger partial charge in [0.05, 0.1) is 16.9 Å². The third-order valence-electron chi connectivity index (χ3n) is 7.20. The van der Waals surface area contributed by atoms with Crippen molar-refractivity contribution in [2.75, 3.05) is 0 Å². The number of pyridine rings is 1. The van der Waals surface area contributed by atoms with E-state index in [0.717, 1.165) is 38.7 Å². The fourth-order valence-corrected chi connectivity index (χ4v) is 5.91. The Hall–Kier alpha value is -3.27. The van der Waals surface area contributed by atoms with Gasteiger partial charge in [0.15, 0.2) is 5.78 Å². The van der Waals surface area contributed by atoms with Gasteiger partial charge in [-0.25, -0.2) is 0 Å². The van der Waals surface area contributed by atoms with E-state index in [-0.39, 0.29) is 31.6 Å². The minimum Gasteiger partial charge on any atom is -0.512 e. The maximum Gasteiger partial charge on any atom is 0.155 e. The molecule has 2 bridgehead atoms. The summed E-state index contributed by atoms with van der Waals surface area (Å²) in [5.41, 5.74) is 8.14. The number of aliphatic hydroxyl groups excluding tert-OH is 1. The Balaban J connectivity index is 0.000000297. The molecule has 1 saturated carbocycles. The van der Waals surface area contributed by atoms with Crippen LogP contribution in [0.4, 0.5) is 0 Å². The predicted molar refractivity (Wildman–Crippen MR) is 140 cm³/mol. The molecule has 5 heteroatoms. The zero-order valence-electron chi connectivity index (χ0n) is 20.2. The molecule has 4 nitrogen and oxygen atoms in total. The van der Waals surface area contributed by atoms with Gasteiger partial charge in [-0.1, -0.05) is 53.4 Å². The first-order valence-electron chi connectivity index (χ1n) is 12.1. The summed E-state index contributed by atoms with van der Waals surface area (Å²) < 4.78 is 6.14. The van der Waals surface area contributed by atoms with Crippen LogP contribution in [0.25, 0.3) is 44.1 Å². The van der Waals surface area contributed by atoms with Gasteiger partial charge in [0.1, 0.15) is 5.58 Å². The average molecular weight is 653 g/mol. The van der Waals surface area contributed by atoms with E-state index >= 15 is 0 Å². The summed E-state index contributed by atoms with van der Waals surface area (Å²) in [5.74, 6) is 1.28. The third-order valence-corrected chi connectivity index (χ3v) is 7.20. The average Bonchev–Trinajstić information content (AvgIpc) is 3.56. The molecule has 2 heterocycles. The molecule has 2 aliphatic rings. The summed E-state index contributed by atoms with van der Waals surface area (Å²) in [5, 5.41) is 12.0. The van der Waals surface area contributed by atoms with Crippen LogP contribution in [0.15, 0.2) is 76.9 Å². The molecule has 0 saturated heterocycles. The number of furan rings is 1. The molecule has 2 aliphatic carbocycles. The summed E-state index contributed by atoms with van der Waals surface area (Å²) in [7, 11) is 0. The van der Waals surface area contributed by atoms with Gasteiger partial charge in [-0.15, -0.1) is 17.7 Å². The molecular weight excluding hydrogens is 627 g/mol. The van der Waals surface area contributed by atoms with Crippen LogP contribution in [0.5, 0.6) is 0 Å². The van der Waals surface area contributed by atoms with Gasteiger partial charge >= 0.3 is 0 Å². The van der Waals surface area contributed by atoms with Crippen molar-refractivity contribution in [3.8, 4) is 11.3 Å². The number of carbonyl (C=O) groups excluding carboxylic acids is 1. The number of fused-ring (bicyclic) bond motifs is 10. The number of para-hydroxylation sites is 2. The number of hydrogen-bond donors (Lipinski definition) is 1. The van der Waals surface area contributed by atoms with Crippen LogP contribution < -0.4 is 0 Å². The molecule has 2 atom stereocenters. The fraction of sp³-hybridized carbons (Fsp3) is 0.226. The summed E-state index contributed by atoms with van der Waals surface area (Å²) in [6.45, 7) is 2.85. The number of carbonyl (C=O) groups is 1. The van der Waals surface area contributed by atoms with Gasteiger partial charge in [0.25, 0.3) is 0 Å². The molecule has 1 radical (unpaired) electrons. The molecular formula is C31H26IrNO3-. The Bertz CT molecular complexity index is 1640. The topological polar surface area (TPSA) is 63.3 Å². The summed E-state index contributed by atoms with van der Waals surface area (Å²) >= 11 is 0. The van der Waals surface area contributed by atoms with Gasteiger partial charge in [0.2, 0.25) is 0 Å². The molecule has 0 spiro atoms. The molecule has 0 amide bonds. The van der Waals surface area contributed by atoms with Crippen molar-refractivity contribution in [2.24, 2.45) is 0 Å². The van der Waals surface area contributed by atoms with Gasteiger partial charge in [-0.3, -0.25) is 9.78 Å². The number of aromatic nitrogens is 1. The molecule has 0 aliphatic heterocycles. The minimum atomic E-state index is -0.125. The van der Waals surface area contributed by atoms with E-state index in [0.29, 0.717) is 11.8 Å². The molecule has 183 valence electrons. The first-order valence-corrected chi connectivity index (χ1v) is 12.1. The Kier molecular flexibility index (Phi) is 6.55. The van der Waals surface area contributed by atoms with Crippen molar-refractivity contribution in [3.05, 3.63) is 89.7 Å². The molecule has 7 rings (SSSR count). The van der Waals surface area contributed by atoms with Gasteiger partial charge in [-0.05, 0) is 73.7 Å². The van der Waals surface area contributed by atoms with Crippen LogP contribution >= 0.6 is 0 Å². The summed E-state index contributed by atoms with van der Waals surface area (Å²) in [6, 6.07) is 24.6. The standard InChI is InChI=1S/C26H18NO.C5H8O2.Ir/c1-3-7-21-20(6-1)24-15-9-10-16(13-15)25(24)26(27-21)17-11-12-19-18-5-2-4-8-22(18)28-23(19)14-17;1-4(6)3-5(2)7;/h1-8,12,14-16H,9-10,13H2;3,6H,1-2H3;/q-1;;. The normalized spacial score (nSPS) is 18.1. The van der Waals surface area contributed by atoms with E-state index < -0.39 is 0 Å². The molecule has 2 unspecified atom stereocenters. The Morgan fingerprint density at radius 1 is 0.972 bits per heavy atom. The summed E-state index contributed by atoms with van der Waals surface area (Å²) in [6.07, 6.45) is 5.06. The van der Waals surface area contributed by atoms with E-state index in [1.165, 1.54) is 50.1 Å². The van der Waals surface area contributed by atoms with Crippen molar-refractivity contribution in [3.63, 3.8) is 0 Å². The van der Waals surface area contributed by atoms with Gasteiger partial charge < -0.3 is 9.52 Å². The Labute approximate surface area is 223 Å². The second-order valence-corrected chi connectivity index (χ2v) is 9.63. The van der Waals surface area contributed by atoms with Crippen molar-refractivity contribution in [1.29, 1.82) is 0 Å². The SMILES string of the molecule is CC(=O)C=C(C)O.[Ir].[c-]1cc2c(cc1-c1nc3ccccc3c3c1C1CCC3C1)oc1ccccc12. The van der Waals surface area contributed by atoms with Crippen molar-refractivity contribution >= 4 is 38.6 Å². The van der Waals surface area contributed by atoms with Crippen molar-refractivity contribution in [1.82, 2.24) is 4.98 Å². The molecule has 2 aromatic heterocycles. The minimum absolute atomic E-state index is 0. The first kappa shape index (κ1) is 24.4. The Morgan fingerprint density at radius 2 is 1.67 bits per heavy atom. The summed E-state index contributed by atoms with van der Waals surface area (Å²) in [4.78, 5) is 15.1. The fourth-order valence-electron chi connectivity index (χ4n) is 5.91. The second kappa shape index (κ2) is 9.65. The number of nitrogens with zero attached hydrogens (tertiary/aromatic N) is 1. The number of aliphatic hydroxyl groups is 1. The van der Waals surface area contributed by atoms with Crippen molar-refractivity contribution < 1.29 is 34.4 Å². The predicted octanol–water partition coefficient (Wildman–Crippen LogP) is 8.00. The zero-order chi connectivity index (χ0) is 24.1. The third kappa shape index (κ3) is 4.17. The van der Waals surface area contributed by atoms with Gasteiger partial charge in [-0.2, -0.15) is 0 Å². The van der Waals surface area contributed by atoms with Crippen LogP contribution in [-0.2, 0) is 24.9 Å². The van der Waals surface area contributed by atoms with Crippen LogP contribution in [0.3, 0.4) is 0 Å². The monoisotopic (exact) mass is 653 g/mol. The quantitative estimate of drug-likeness (QED) is 0.119. The number of hydrogen-bond acceptors (Lipinski definition) is 4. The maximum atomic E-state index is 10.0. The second-order valence-electron chi connectivity index (χ2n) is 9.63. The van der Waals surface area contributed by atoms with E-state index in [1.54, 1.807) is 5.56 Å². The Morgan fingerprint density at radius 3 is 2.39 bits per heavy atom. The van der Waals surface area contributed by atoms with E-state index in [9.17, 15) is 4.79 Å². The van der Waals surface area contributed by atoms with Crippen molar-refractivity contribution in [2.45, 2.75) is 44.9 Å². The van der Waals surface area contributed by atoms with E-state index in [4.69, 9.17) is 14.5 Å². The van der Waals surface area contributed by atoms with Gasteiger partial charge in [0, 0.05) is 31.6 Å². The molecule has 3 aromatic carbocycles. The van der Waals surface area contributed by atoms with Crippen LogP contribution in [0.2, 0.25) is 0 Å². The van der Waals surface area contributed by atoms with Crippen LogP contribution in [0.1, 0.15) is 56.1 Å². The van der Waals surface area contributed by atoms with Crippen LogP contribution in [-0.4, -0.2) is 15.9 Å². The molecule has 1 fully saturated rings. The van der Waals surface area contributed by atoms with Crippen LogP contribution in [0, 0.1) is 6.07 Å². The zero-order valence-corrected chi connectivity index (χ0v) is 22.6. The smallest absolute Gasteiger partial charge is 0.155 e. The molecule has 1 N–H and O–H groups in total. The number of ketones is 1. The number of rotatable bonds is 2.